The highest BCUT2D eigenvalue weighted by atomic mass is 35.5. The van der Waals surface area contributed by atoms with Crippen molar-refractivity contribution in [2.24, 2.45) is 16.3 Å². The fourth-order valence-corrected chi connectivity index (χ4v) is 6.04. The first-order valence-electron chi connectivity index (χ1n) is 14.1. The van der Waals surface area contributed by atoms with Crippen LogP contribution in [0.3, 0.4) is 0 Å². The quantitative estimate of drug-likeness (QED) is 0.332. The van der Waals surface area contributed by atoms with Crippen LogP contribution < -0.4 is 10.2 Å². The Bertz CT molecular complexity index is 1680. The second-order valence-electron chi connectivity index (χ2n) is 11.0. The molecule has 4 atom stereocenters. The number of amides is 3. The lowest BCUT2D eigenvalue weighted by atomic mass is 9.77. The van der Waals surface area contributed by atoms with Crippen molar-refractivity contribution < 1.29 is 23.2 Å². The number of hydrogen-bond donors (Lipinski definition) is 2. The highest BCUT2D eigenvalue weighted by Gasteiger charge is 2.55. The summed E-state index contributed by atoms with van der Waals surface area (Å²) in [6, 6.07) is 15.3. The van der Waals surface area contributed by atoms with Crippen molar-refractivity contribution in [2.75, 3.05) is 11.4 Å². The number of halogens is 3. The smallest absolute Gasteiger partial charge is 0.263 e. The summed E-state index contributed by atoms with van der Waals surface area (Å²) in [6.07, 6.45) is 3.51. The Labute approximate surface area is 256 Å². The van der Waals surface area contributed by atoms with Crippen molar-refractivity contribution in [3.63, 3.8) is 0 Å². The third kappa shape index (κ3) is 5.87. The number of anilines is 1. The number of nitrogens with one attached hydrogen (secondary N) is 2. The van der Waals surface area contributed by atoms with Gasteiger partial charge in [-0.15, -0.1) is 0 Å². The van der Waals surface area contributed by atoms with Gasteiger partial charge >= 0.3 is 0 Å². The van der Waals surface area contributed by atoms with Crippen LogP contribution in [0, 0.1) is 23.0 Å². The standard InChI is InChI=1S/C32H27ClF2N6O3/c33-21-6-12-24(13-7-21)41-31(43)29-30(32(41)44)40(39-38-29)17-27(42)37-28(20-4-10-23(35)11-5-20)25-14-3-19(16-26(25)36)15-18-1-8-22(34)9-2-18/h1-2,4-13,15,25,28-30,36H,3,14,16-17H2,(H,37,42)/b19-15+,36-26?. The average molecular weight is 617 g/mol. The lowest BCUT2D eigenvalue weighted by molar-refractivity contribution is -0.126. The van der Waals surface area contributed by atoms with E-state index in [0.717, 1.165) is 16.0 Å². The van der Waals surface area contributed by atoms with Crippen LogP contribution in [0.5, 0.6) is 0 Å². The number of nitrogens with zero attached hydrogens (tertiary/aromatic N) is 4. The summed E-state index contributed by atoms with van der Waals surface area (Å²) in [7, 11) is 0. The minimum Gasteiger partial charge on any atom is -0.347 e. The summed E-state index contributed by atoms with van der Waals surface area (Å²) in [5, 5.41) is 21.4. The zero-order chi connectivity index (χ0) is 31.0. The molecule has 9 nitrogen and oxygen atoms in total. The SMILES string of the molecule is N=C1C/C(=C/c2ccc(F)cc2)CCC1C(NC(=O)CN1N=NC2C(=O)N(c3ccc(Cl)cc3)C(=O)C21)c1ccc(F)cc1. The van der Waals surface area contributed by atoms with Gasteiger partial charge in [0.05, 0.1) is 11.7 Å². The summed E-state index contributed by atoms with van der Waals surface area (Å²) >= 11 is 5.95. The summed E-state index contributed by atoms with van der Waals surface area (Å²) < 4.78 is 27.1. The molecule has 6 rings (SSSR count). The second kappa shape index (κ2) is 12.1. The van der Waals surface area contributed by atoms with E-state index in [2.05, 4.69) is 15.7 Å². The predicted molar refractivity (Wildman–Crippen MR) is 160 cm³/mol. The molecular weight excluding hydrogens is 590 g/mol. The number of imide groups is 1. The van der Waals surface area contributed by atoms with Crippen LogP contribution >= 0.6 is 11.6 Å². The Kier molecular flexibility index (Phi) is 8.05. The van der Waals surface area contributed by atoms with E-state index in [1.807, 2.05) is 6.08 Å². The van der Waals surface area contributed by atoms with Crippen LogP contribution in [-0.4, -0.2) is 47.1 Å². The van der Waals surface area contributed by atoms with Gasteiger partial charge in [-0.25, -0.2) is 13.7 Å². The van der Waals surface area contributed by atoms with Crippen LogP contribution in [0.4, 0.5) is 14.5 Å². The van der Waals surface area contributed by atoms with Crippen LogP contribution in [0.25, 0.3) is 6.08 Å². The van der Waals surface area contributed by atoms with Crippen molar-refractivity contribution in [2.45, 2.75) is 37.4 Å². The van der Waals surface area contributed by atoms with E-state index in [-0.39, 0.29) is 18.3 Å². The molecule has 3 aromatic rings. The van der Waals surface area contributed by atoms with Crippen LogP contribution in [0.2, 0.25) is 5.02 Å². The third-order valence-electron chi connectivity index (χ3n) is 8.08. The van der Waals surface area contributed by atoms with E-state index in [1.165, 1.54) is 29.3 Å². The number of benzene rings is 3. The maximum absolute atomic E-state index is 13.8. The molecular formula is C32H27ClF2N6O3. The number of fused-ring (bicyclic) bond motifs is 1. The van der Waals surface area contributed by atoms with Crippen molar-refractivity contribution >= 4 is 46.8 Å². The number of rotatable bonds is 7. The van der Waals surface area contributed by atoms with Crippen molar-refractivity contribution in [1.82, 2.24) is 10.3 Å². The Hall–Kier alpha value is -4.77. The largest absolute Gasteiger partial charge is 0.347 e. The van der Waals surface area contributed by atoms with Crippen LogP contribution in [-0.2, 0) is 14.4 Å². The second-order valence-corrected chi connectivity index (χ2v) is 11.4. The van der Waals surface area contributed by atoms with Gasteiger partial charge in [0.15, 0.2) is 12.1 Å². The molecule has 0 aromatic heterocycles. The zero-order valence-corrected chi connectivity index (χ0v) is 24.0. The number of carbonyl (C=O) groups is 3. The summed E-state index contributed by atoms with van der Waals surface area (Å²) in [4.78, 5) is 40.8. The van der Waals surface area contributed by atoms with E-state index in [9.17, 15) is 23.2 Å². The molecule has 3 aliphatic rings. The van der Waals surface area contributed by atoms with Gasteiger partial charge in [-0.2, -0.15) is 5.11 Å². The molecule has 1 saturated carbocycles. The Morgan fingerprint density at radius 2 is 1.66 bits per heavy atom. The van der Waals surface area contributed by atoms with Crippen molar-refractivity contribution in [3.8, 4) is 0 Å². The minimum atomic E-state index is -1.07. The van der Waals surface area contributed by atoms with Gasteiger partial charge in [-0.1, -0.05) is 52.7 Å². The maximum atomic E-state index is 13.8. The summed E-state index contributed by atoms with van der Waals surface area (Å²) in [5.74, 6) is -2.72. The van der Waals surface area contributed by atoms with E-state index in [0.29, 0.717) is 41.2 Å². The molecule has 2 heterocycles. The molecule has 2 fully saturated rings. The van der Waals surface area contributed by atoms with Gasteiger partial charge in [-0.05, 0) is 72.5 Å². The monoisotopic (exact) mass is 616 g/mol. The molecule has 0 radical (unpaired) electrons. The number of hydrogen-bond acceptors (Lipinski definition) is 7. The Morgan fingerprint density at radius 1 is 1.00 bits per heavy atom. The molecule has 0 bridgehead atoms. The molecule has 0 spiro atoms. The molecule has 2 aliphatic heterocycles. The first-order valence-corrected chi connectivity index (χ1v) is 14.4. The molecule has 224 valence electrons. The van der Waals surface area contributed by atoms with E-state index in [1.54, 1.807) is 48.5 Å². The lowest BCUT2D eigenvalue weighted by Crippen LogP contribution is -2.46. The Morgan fingerprint density at radius 3 is 2.32 bits per heavy atom. The molecule has 3 aromatic carbocycles. The topological polar surface area (TPSA) is 118 Å². The third-order valence-corrected chi connectivity index (χ3v) is 8.33. The normalized spacial score (nSPS) is 22.9. The van der Waals surface area contributed by atoms with Gasteiger partial charge < -0.3 is 10.7 Å². The van der Waals surface area contributed by atoms with Gasteiger partial charge in [0.1, 0.15) is 18.2 Å². The van der Waals surface area contributed by atoms with Crippen LogP contribution in [0.1, 0.15) is 36.4 Å². The summed E-state index contributed by atoms with van der Waals surface area (Å²) in [5.41, 5.74) is 3.22. The van der Waals surface area contributed by atoms with Gasteiger partial charge in [0, 0.05) is 23.1 Å². The van der Waals surface area contributed by atoms with Crippen molar-refractivity contribution in [1.29, 1.82) is 5.41 Å². The summed E-state index contributed by atoms with van der Waals surface area (Å²) in [6.45, 7) is -0.356. The fourth-order valence-electron chi connectivity index (χ4n) is 5.92. The van der Waals surface area contributed by atoms with Gasteiger partial charge in [0.2, 0.25) is 5.91 Å². The molecule has 1 aliphatic carbocycles. The Balaban J connectivity index is 1.17. The van der Waals surface area contributed by atoms with Gasteiger partial charge in [0.25, 0.3) is 11.8 Å². The molecule has 12 heteroatoms. The lowest BCUT2D eigenvalue weighted by Gasteiger charge is -2.33. The van der Waals surface area contributed by atoms with Crippen LogP contribution in [0.15, 0.2) is 88.7 Å². The van der Waals surface area contributed by atoms with Gasteiger partial charge in [-0.3, -0.25) is 19.4 Å². The highest BCUT2D eigenvalue weighted by molar-refractivity contribution is 6.31. The molecule has 3 amide bonds. The average Bonchev–Trinajstić information content (AvgIpc) is 3.53. The maximum Gasteiger partial charge on any atom is 0.263 e. The number of allylic oxidation sites excluding steroid dienone is 1. The molecule has 44 heavy (non-hydrogen) atoms. The fraction of sp³-hybridized carbons (Fsp3) is 0.250. The number of carbonyl (C=O) groups excluding carboxylic acids is 3. The predicted octanol–water partition coefficient (Wildman–Crippen LogP) is 5.67. The van der Waals surface area contributed by atoms with E-state index in [4.69, 9.17) is 17.0 Å². The molecule has 1 saturated heterocycles. The molecule has 2 N–H and O–H groups in total. The first-order chi connectivity index (χ1) is 21.2. The first kappa shape index (κ1) is 29.3. The minimum absolute atomic E-state index is 0.324. The highest BCUT2D eigenvalue weighted by Crippen LogP contribution is 2.36. The van der Waals surface area contributed by atoms with Crippen molar-refractivity contribution in [3.05, 3.63) is 106 Å². The van der Waals surface area contributed by atoms with E-state index < -0.39 is 41.7 Å². The van der Waals surface area contributed by atoms with E-state index >= 15 is 0 Å². The zero-order valence-electron chi connectivity index (χ0n) is 23.3. The molecule has 4 unspecified atom stereocenters.